The maximum Gasteiger partial charge on any atom is 0.249 e. The molecular formula is C15H22N2O2S. The van der Waals surface area contributed by atoms with Crippen molar-refractivity contribution in [2.24, 2.45) is 0 Å². The Morgan fingerprint density at radius 1 is 1.55 bits per heavy atom. The number of fused-ring (bicyclic) bond motifs is 1. The Labute approximate surface area is 124 Å². The average Bonchev–Trinajstić information content (AvgIpc) is 2.87. The molecule has 2 rings (SSSR count). The summed E-state index contributed by atoms with van der Waals surface area (Å²) in [7, 11) is 0. The zero-order valence-electron chi connectivity index (χ0n) is 12.0. The van der Waals surface area contributed by atoms with Gasteiger partial charge in [-0.15, -0.1) is 17.9 Å². The quantitative estimate of drug-likeness (QED) is 0.621. The van der Waals surface area contributed by atoms with Gasteiger partial charge in [0.2, 0.25) is 5.91 Å². The van der Waals surface area contributed by atoms with E-state index < -0.39 is 6.10 Å². The Balaban J connectivity index is 1.77. The Morgan fingerprint density at radius 3 is 3.10 bits per heavy atom. The number of ether oxygens (including phenoxy) is 1. The molecule has 1 aromatic heterocycles. The first-order valence-corrected chi connectivity index (χ1v) is 8.00. The summed E-state index contributed by atoms with van der Waals surface area (Å²) in [6.45, 7) is 6.43. The molecule has 1 amide bonds. The first-order valence-electron chi connectivity index (χ1n) is 7.18. The number of rotatable bonds is 7. The van der Waals surface area contributed by atoms with E-state index in [1.54, 1.807) is 24.3 Å². The van der Waals surface area contributed by atoms with Crippen LogP contribution >= 0.6 is 11.3 Å². The number of carbonyl (C=O) groups is 1. The van der Waals surface area contributed by atoms with E-state index in [1.165, 1.54) is 23.4 Å². The second kappa shape index (κ2) is 7.55. The summed E-state index contributed by atoms with van der Waals surface area (Å²) in [5, 5.41) is 3.90. The molecule has 0 spiro atoms. The molecule has 1 N–H and O–H groups in total. The Kier molecular flexibility index (Phi) is 5.73. The molecule has 1 atom stereocenters. The zero-order valence-corrected chi connectivity index (χ0v) is 12.8. The van der Waals surface area contributed by atoms with Gasteiger partial charge >= 0.3 is 0 Å². The van der Waals surface area contributed by atoms with Crippen molar-refractivity contribution in [1.29, 1.82) is 0 Å². The molecule has 20 heavy (non-hydrogen) atoms. The molecule has 1 unspecified atom stereocenters. The number of aromatic nitrogens is 1. The second-order valence-corrected chi connectivity index (χ2v) is 6.16. The van der Waals surface area contributed by atoms with Crippen molar-refractivity contribution in [3.05, 3.63) is 28.2 Å². The summed E-state index contributed by atoms with van der Waals surface area (Å²) < 4.78 is 5.41. The predicted octanol–water partition coefficient (Wildman–Crippen LogP) is 2.62. The SMILES string of the molecule is C=CCCOC(C)C(=O)NCc1nc2c(s1)CCCC2. The van der Waals surface area contributed by atoms with Crippen LogP contribution in [0.1, 0.15) is 41.8 Å². The number of hydrogen-bond donors (Lipinski definition) is 1. The molecule has 4 nitrogen and oxygen atoms in total. The number of amides is 1. The molecular weight excluding hydrogens is 272 g/mol. The van der Waals surface area contributed by atoms with Gasteiger partial charge < -0.3 is 10.1 Å². The first-order chi connectivity index (χ1) is 9.70. The highest BCUT2D eigenvalue weighted by molar-refractivity contribution is 7.11. The highest BCUT2D eigenvalue weighted by atomic mass is 32.1. The van der Waals surface area contributed by atoms with E-state index in [2.05, 4.69) is 16.9 Å². The Morgan fingerprint density at radius 2 is 2.35 bits per heavy atom. The molecule has 0 saturated carbocycles. The minimum absolute atomic E-state index is 0.0813. The number of thiazole rings is 1. The third-order valence-corrected chi connectivity index (χ3v) is 4.52. The van der Waals surface area contributed by atoms with Gasteiger partial charge in [0.25, 0.3) is 0 Å². The molecule has 110 valence electrons. The fourth-order valence-corrected chi connectivity index (χ4v) is 3.29. The van der Waals surface area contributed by atoms with Crippen molar-refractivity contribution < 1.29 is 9.53 Å². The van der Waals surface area contributed by atoms with E-state index in [1.807, 2.05) is 0 Å². The fourth-order valence-electron chi connectivity index (χ4n) is 2.19. The van der Waals surface area contributed by atoms with E-state index in [9.17, 15) is 4.79 Å². The number of carbonyl (C=O) groups excluding carboxylic acids is 1. The third-order valence-electron chi connectivity index (χ3n) is 3.36. The van der Waals surface area contributed by atoms with E-state index >= 15 is 0 Å². The summed E-state index contributed by atoms with van der Waals surface area (Å²) in [5.74, 6) is -0.0813. The summed E-state index contributed by atoms with van der Waals surface area (Å²) >= 11 is 1.73. The minimum atomic E-state index is -0.426. The van der Waals surface area contributed by atoms with E-state index in [-0.39, 0.29) is 5.91 Å². The van der Waals surface area contributed by atoms with E-state index in [0.717, 1.165) is 24.3 Å². The molecule has 1 heterocycles. The van der Waals surface area contributed by atoms with Crippen LogP contribution in [-0.4, -0.2) is 23.6 Å². The van der Waals surface area contributed by atoms with Gasteiger partial charge in [-0.2, -0.15) is 0 Å². The molecule has 1 aliphatic rings. The van der Waals surface area contributed by atoms with E-state index in [0.29, 0.717) is 13.2 Å². The van der Waals surface area contributed by atoms with Gasteiger partial charge in [-0.1, -0.05) is 6.08 Å². The van der Waals surface area contributed by atoms with Gasteiger partial charge in [-0.05, 0) is 39.0 Å². The lowest BCUT2D eigenvalue weighted by Crippen LogP contribution is -2.34. The number of nitrogens with zero attached hydrogens (tertiary/aromatic N) is 1. The van der Waals surface area contributed by atoms with Crippen LogP contribution in [0, 0.1) is 0 Å². The van der Waals surface area contributed by atoms with Gasteiger partial charge in [0.05, 0.1) is 18.8 Å². The maximum atomic E-state index is 11.9. The van der Waals surface area contributed by atoms with Gasteiger partial charge in [-0.25, -0.2) is 4.98 Å². The van der Waals surface area contributed by atoms with Crippen molar-refractivity contribution in [3.63, 3.8) is 0 Å². The Bertz CT molecular complexity index is 447. The highest BCUT2D eigenvalue weighted by Gasteiger charge is 2.17. The van der Waals surface area contributed by atoms with Crippen LogP contribution in [-0.2, 0) is 28.9 Å². The highest BCUT2D eigenvalue weighted by Crippen LogP contribution is 2.26. The lowest BCUT2D eigenvalue weighted by atomic mass is 10.0. The smallest absolute Gasteiger partial charge is 0.249 e. The standard InChI is InChI=1S/C15H22N2O2S/c1-3-4-9-19-11(2)15(18)16-10-14-17-12-7-5-6-8-13(12)20-14/h3,11H,1,4-10H2,2H3,(H,16,18). The fraction of sp³-hybridized carbons (Fsp3) is 0.600. The lowest BCUT2D eigenvalue weighted by Gasteiger charge is -2.11. The largest absolute Gasteiger partial charge is 0.368 e. The molecule has 1 aromatic rings. The molecule has 0 radical (unpaired) electrons. The molecule has 0 aromatic carbocycles. The van der Waals surface area contributed by atoms with Crippen LogP contribution in [0.15, 0.2) is 12.7 Å². The van der Waals surface area contributed by atoms with Gasteiger partial charge in [0, 0.05) is 4.88 Å². The molecule has 0 saturated heterocycles. The van der Waals surface area contributed by atoms with Crippen LogP contribution in [0.5, 0.6) is 0 Å². The predicted molar refractivity (Wildman–Crippen MR) is 80.8 cm³/mol. The van der Waals surface area contributed by atoms with Crippen LogP contribution in [0.25, 0.3) is 0 Å². The van der Waals surface area contributed by atoms with Crippen LogP contribution in [0.3, 0.4) is 0 Å². The average molecular weight is 294 g/mol. The zero-order chi connectivity index (χ0) is 14.4. The van der Waals surface area contributed by atoms with Crippen molar-refractivity contribution >= 4 is 17.2 Å². The Hall–Kier alpha value is -1.20. The summed E-state index contributed by atoms with van der Waals surface area (Å²) in [6.07, 6.45) is 6.83. The van der Waals surface area contributed by atoms with Gasteiger partial charge in [-0.3, -0.25) is 4.79 Å². The number of nitrogens with one attached hydrogen (secondary N) is 1. The minimum Gasteiger partial charge on any atom is -0.368 e. The molecule has 0 bridgehead atoms. The summed E-state index contributed by atoms with van der Waals surface area (Å²) in [6, 6.07) is 0. The topological polar surface area (TPSA) is 51.2 Å². The second-order valence-electron chi connectivity index (χ2n) is 4.99. The van der Waals surface area contributed by atoms with Crippen LogP contribution < -0.4 is 5.32 Å². The first kappa shape index (κ1) is 15.2. The third kappa shape index (κ3) is 4.15. The molecule has 1 aliphatic carbocycles. The summed E-state index contributed by atoms with van der Waals surface area (Å²) in [4.78, 5) is 17.9. The molecule has 5 heteroatoms. The lowest BCUT2D eigenvalue weighted by molar-refractivity contribution is -0.131. The van der Waals surface area contributed by atoms with Crippen LogP contribution in [0.4, 0.5) is 0 Å². The van der Waals surface area contributed by atoms with Crippen molar-refractivity contribution in [2.45, 2.75) is 51.7 Å². The van der Waals surface area contributed by atoms with Gasteiger partial charge in [0.15, 0.2) is 0 Å². The van der Waals surface area contributed by atoms with Crippen molar-refractivity contribution in [2.75, 3.05) is 6.61 Å². The molecule has 0 fully saturated rings. The summed E-state index contributed by atoms with van der Waals surface area (Å²) in [5.41, 5.74) is 1.24. The number of hydrogen-bond acceptors (Lipinski definition) is 4. The van der Waals surface area contributed by atoms with Crippen molar-refractivity contribution in [1.82, 2.24) is 10.3 Å². The number of aryl methyl sites for hydroxylation is 2. The monoisotopic (exact) mass is 294 g/mol. The maximum absolute atomic E-state index is 11.9. The van der Waals surface area contributed by atoms with Crippen molar-refractivity contribution in [3.8, 4) is 0 Å². The normalized spacial score (nSPS) is 15.4. The molecule has 0 aliphatic heterocycles. The van der Waals surface area contributed by atoms with Gasteiger partial charge in [0.1, 0.15) is 11.1 Å². The van der Waals surface area contributed by atoms with E-state index in [4.69, 9.17) is 4.74 Å². The van der Waals surface area contributed by atoms with Crippen LogP contribution in [0.2, 0.25) is 0 Å².